The van der Waals surface area contributed by atoms with E-state index in [2.05, 4.69) is 0 Å². The van der Waals surface area contributed by atoms with Crippen LogP contribution in [0.15, 0.2) is 0 Å². The molecule has 1 saturated heterocycles. The topological polar surface area (TPSA) is 72.6 Å². The van der Waals surface area contributed by atoms with Gasteiger partial charge in [0.05, 0.1) is 0 Å². The lowest BCUT2D eigenvalue weighted by atomic mass is 10.1. The van der Waals surface area contributed by atoms with E-state index in [1.54, 1.807) is 0 Å². The lowest BCUT2D eigenvalue weighted by Gasteiger charge is -2.20. The molecule has 1 fully saturated rings. The highest BCUT2D eigenvalue weighted by molar-refractivity contribution is 4.71. The molecule has 1 aliphatic rings. The highest BCUT2D eigenvalue weighted by atomic mass is 16.6. The van der Waals surface area contributed by atoms with E-state index in [4.69, 9.17) is 9.84 Å². The maximum absolute atomic E-state index is 10.1. The van der Waals surface area contributed by atoms with Crippen molar-refractivity contribution in [1.82, 2.24) is 0 Å². The Bertz CT molecular complexity index is 138. The number of hydrogen-bond donors (Lipinski definition) is 1. The fourth-order valence-electron chi connectivity index (χ4n) is 0.913. The second-order valence-corrected chi connectivity index (χ2v) is 2.28. The normalized spacial score (nSPS) is 33.7. The Balaban J connectivity index is 2.47. The minimum absolute atomic E-state index is 0.0359. The van der Waals surface area contributed by atoms with Gasteiger partial charge < -0.3 is 9.84 Å². The summed E-state index contributed by atoms with van der Waals surface area (Å²) >= 11 is 0. The molecule has 1 aliphatic heterocycles. The molecule has 1 N–H and O–H groups in total. The largest absolute Gasteiger partial charge is 0.386 e. The molecule has 0 aromatic carbocycles. The number of nitro groups is 1. The summed E-state index contributed by atoms with van der Waals surface area (Å²) < 4.78 is 4.81. The maximum Gasteiger partial charge on any atom is 0.261 e. The zero-order chi connectivity index (χ0) is 7.56. The number of rotatable bonds is 1. The average Bonchev–Trinajstić information content (AvgIpc) is 1.88. The van der Waals surface area contributed by atoms with Gasteiger partial charge in [-0.15, -0.1) is 0 Å². The molecule has 0 bridgehead atoms. The van der Waals surface area contributed by atoms with Gasteiger partial charge in [0.2, 0.25) is 0 Å². The minimum atomic E-state index is -0.922. The highest BCUT2D eigenvalue weighted by Gasteiger charge is 2.32. The van der Waals surface area contributed by atoms with Crippen molar-refractivity contribution in [1.29, 1.82) is 0 Å². The maximum atomic E-state index is 10.1. The Hall–Kier alpha value is -0.680. The third-order valence-electron chi connectivity index (χ3n) is 1.56. The Labute approximate surface area is 57.8 Å². The van der Waals surface area contributed by atoms with Crippen molar-refractivity contribution in [2.75, 3.05) is 13.2 Å². The van der Waals surface area contributed by atoms with Crippen LogP contribution in [0, 0.1) is 10.1 Å². The van der Waals surface area contributed by atoms with Crippen molar-refractivity contribution >= 4 is 0 Å². The molecular weight excluding hydrogens is 138 g/mol. The zero-order valence-corrected chi connectivity index (χ0v) is 5.40. The van der Waals surface area contributed by atoms with Crippen LogP contribution >= 0.6 is 0 Å². The molecule has 1 rings (SSSR count). The minimum Gasteiger partial charge on any atom is -0.386 e. The van der Waals surface area contributed by atoms with E-state index >= 15 is 0 Å². The van der Waals surface area contributed by atoms with Crippen LogP contribution in [0.2, 0.25) is 0 Å². The summed E-state index contributed by atoms with van der Waals surface area (Å²) in [7, 11) is 0. The van der Waals surface area contributed by atoms with Gasteiger partial charge in [0.15, 0.2) is 0 Å². The van der Waals surface area contributed by atoms with Crippen molar-refractivity contribution in [3.05, 3.63) is 10.1 Å². The predicted molar refractivity (Wildman–Crippen MR) is 32.2 cm³/mol. The predicted octanol–water partition coefficient (Wildman–Crippen LogP) is -0.587. The zero-order valence-electron chi connectivity index (χ0n) is 5.40. The van der Waals surface area contributed by atoms with Crippen LogP contribution in [0.5, 0.6) is 0 Å². The molecule has 0 aromatic heterocycles. The summed E-state index contributed by atoms with van der Waals surface area (Å²) in [5.74, 6) is 0. The van der Waals surface area contributed by atoms with Gasteiger partial charge in [-0.1, -0.05) is 0 Å². The third kappa shape index (κ3) is 1.43. The summed E-state index contributed by atoms with van der Waals surface area (Å²) in [4.78, 5) is 9.63. The van der Waals surface area contributed by atoms with Crippen molar-refractivity contribution in [3.63, 3.8) is 0 Å². The van der Waals surface area contributed by atoms with Gasteiger partial charge in [-0.25, -0.2) is 0 Å². The molecule has 5 nitrogen and oxygen atoms in total. The Morgan fingerprint density at radius 3 is 2.80 bits per heavy atom. The molecule has 0 amide bonds. The van der Waals surface area contributed by atoms with E-state index in [0.717, 1.165) is 0 Å². The van der Waals surface area contributed by atoms with E-state index in [1.165, 1.54) is 0 Å². The quantitative estimate of drug-likeness (QED) is 0.397. The highest BCUT2D eigenvalue weighted by Crippen LogP contribution is 2.09. The van der Waals surface area contributed by atoms with Gasteiger partial charge >= 0.3 is 0 Å². The Kier molecular flexibility index (Phi) is 2.18. The summed E-state index contributed by atoms with van der Waals surface area (Å²) in [5, 5.41) is 19.1. The van der Waals surface area contributed by atoms with Crippen molar-refractivity contribution in [2.45, 2.75) is 18.6 Å². The molecule has 5 heteroatoms. The van der Waals surface area contributed by atoms with Crippen LogP contribution in [0.3, 0.4) is 0 Å². The van der Waals surface area contributed by atoms with Crippen molar-refractivity contribution in [2.24, 2.45) is 0 Å². The standard InChI is InChI=1S/C5H9NO4/c7-5-1-2-10-3-4(5)6(8)9/h4-5,7H,1-3H2. The first-order valence-electron chi connectivity index (χ1n) is 3.11. The summed E-state index contributed by atoms with van der Waals surface area (Å²) in [6.07, 6.45) is -0.463. The van der Waals surface area contributed by atoms with Crippen LogP contribution in [-0.2, 0) is 4.74 Å². The molecule has 58 valence electrons. The molecule has 2 atom stereocenters. The van der Waals surface area contributed by atoms with Gasteiger partial charge in [0.25, 0.3) is 6.04 Å². The molecular formula is C5H9NO4. The monoisotopic (exact) mass is 147 g/mol. The van der Waals surface area contributed by atoms with Crippen molar-refractivity contribution in [3.8, 4) is 0 Å². The molecule has 0 aromatic rings. The molecule has 1 heterocycles. The van der Waals surface area contributed by atoms with E-state index < -0.39 is 17.1 Å². The fourth-order valence-corrected chi connectivity index (χ4v) is 0.913. The number of hydrogen-bond acceptors (Lipinski definition) is 4. The Morgan fingerprint density at radius 1 is 1.70 bits per heavy atom. The second kappa shape index (κ2) is 2.94. The van der Waals surface area contributed by atoms with E-state index in [9.17, 15) is 10.1 Å². The molecule has 0 aliphatic carbocycles. The number of ether oxygens (including phenoxy) is 1. The van der Waals surface area contributed by atoms with Gasteiger partial charge in [0, 0.05) is 18.0 Å². The molecule has 0 saturated carbocycles. The lowest BCUT2D eigenvalue weighted by Crippen LogP contribution is -2.42. The third-order valence-corrected chi connectivity index (χ3v) is 1.56. The molecule has 0 spiro atoms. The van der Waals surface area contributed by atoms with Crippen LogP contribution in [0.25, 0.3) is 0 Å². The first-order chi connectivity index (χ1) is 4.72. The van der Waals surface area contributed by atoms with Crippen LogP contribution in [0.4, 0.5) is 0 Å². The summed E-state index contributed by atoms with van der Waals surface area (Å²) in [6.45, 7) is 0.458. The van der Waals surface area contributed by atoms with E-state index in [-0.39, 0.29) is 6.61 Å². The molecule has 2 unspecified atom stereocenters. The van der Waals surface area contributed by atoms with Gasteiger partial charge in [0.1, 0.15) is 12.7 Å². The lowest BCUT2D eigenvalue weighted by molar-refractivity contribution is -0.542. The van der Waals surface area contributed by atoms with Gasteiger partial charge in [-0.2, -0.15) is 0 Å². The van der Waals surface area contributed by atoms with Gasteiger partial charge in [-0.3, -0.25) is 10.1 Å². The fraction of sp³-hybridized carbons (Fsp3) is 1.00. The van der Waals surface area contributed by atoms with Crippen LogP contribution in [0.1, 0.15) is 6.42 Å². The van der Waals surface area contributed by atoms with Crippen LogP contribution in [-0.4, -0.2) is 35.4 Å². The number of aliphatic hydroxyl groups is 1. The SMILES string of the molecule is O=[N+]([O-])C1COCCC1O. The average molecular weight is 147 g/mol. The first kappa shape index (κ1) is 7.43. The van der Waals surface area contributed by atoms with E-state index in [1.807, 2.05) is 0 Å². The first-order valence-corrected chi connectivity index (χ1v) is 3.11. The smallest absolute Gasteiger partial charge is 0.261 e. The number of aliphatic hydroxyl groups excluding tert-OH is 1. The van der Waals surface area contributed by atoms with Crippen molar-refractivity contribution < 1.29 is 14.8 Å². The number of nitrogens with zero attached hydrogens (tertiary/aromatic N) is 1. The second-order valence-electron chi connectivity index (χ2n) is 2.28. The molecule has 0 radical (unpaired) electrons. The summed E-state index contributed by atoms with van der Waals surface area (Å²) in [5.41, 5.74) is 0. The molecule has 10 heavy (non-hydrogen) atoms. The van der Waals surface area contributed by atoms with Gasteiger partial charge in [-0.05, 0) is 0 Å². The Morgan fingerprint density at radius 2 is 2.40 bits per heavy atom. The van der Waals surface area contributed by atoms with E-state index in [0.29, 0.717) is 13.0 Å². The summed E-state index contributed by atoms with van der Waals surface area (Å²) in [6, 6.07) is -0.922. The van der Waals surface area contributed by atoms with Crippen LogP contribution < -0.4 is 0 Å².